The Morgan fingerprint density at radius 3 is 2.97 bits per heavy atom. The molecule has 2 heterocycles. The average Bonchev–Trinajstić information content (AvgIpc) is 3.21. The largest absolute Gasteiger partial charge is 0.301 e. The lowest BCUT2D eigenvalue weighted by atomic mass is 9.87. The normalized spacial score (nSPS) is 16.3. The predicted octanol–water partition coefficient (Wildman–Crippen LogP) is 5.97. The third-order valence-corrected chi connectivity index (χ3v) is 7.45. The van der Waals surface area contributed by atoms with Crippen molar-refractivity contribution in [2.24, 2.45) is 5.92 Å². The maximum absolute atomic E-state index is 12.8. The highest BCUT2D eigenvalue weighted by Crippen LogP contribution is 2.33. The summed E-state index contributed by atoms with van der Waals surface area (Å²) in [5.74, 6) is 0.431. The molecule has 0 aliphatic heterocycles. The van der Waals surface area contributed by atoms with E-state index in [0.29, 0.717) is 26.7 Å². The van der Waals surface area contributed by atoms with E-state index in [-0.39, 0.29) is 5.91 Å². The highest BCUT2D eigenvalue weighted by Gasteiger charge is 2.23. The first-order valence-corrected chi connectivity index (χ1v) is 12.2. The van der Waals surface area contributed by atoms with E-state index in [1.807, 2.05) is 42.6 Å². The Kier molecular flexibility index (Phi) is 6.61. The van der Waals surface area contributed by atoms with Gasteiger partial charge >= 0.3 is 0 Å². The Bertz CT molecular complexity index is 1170. The van der Waals surface area contributed by atoms with Crippen LogP contribution in [0.2, 0.25) is 5.02 Å². The van der Waals surface area contributed by atoms with Gasteiger partial charge in [-0.1, -0.05) is 48.5 Å². The molecule has 1 aromatic carbocycles. The number of amides is 1. The molecule has 1 aliphatic rings. The fourth-order valence-electron chi connectivity index (χ4n) is 3.55. The molecule has 0 saturated carbocycles. The van der Waals surface area contributed by atoms with E-state index in [0.717, 1.165) is 41.8 Å². The Morgan fingerprint density at radius 2 is 2.19 bits per heavy atom. The first kappa shape index (κ1) is 21.8. The van der Waals surface area contributed by atoms with Crippen molar-refractivity contribution in [3.63, 3.8) is 0 Å². The number of carbonyl (C=O) groups is 1. The van der Waals surface area contributed by atoms with Gasteiger partial charge in [0.05, 0.1) is 16.5 Å². The molecule has 0 fully saturated rings. The fraction of sp³-hybridized carbons (Fsp3) is 0.304. The highest BCUT2D eigenvalue weighted by molar-refractivity contribution is 8.00. The van der Waals surface area contributed by atoms with Crippen molar-refractivity contribution in [1.29, 1.82) is 5.26 Å². The zero-order chi connectivity index (χ0) is 22.0. The number of nitriles is 1. The number of hydrogen-bond donors (Lipinski definition) is 1. The van der Waals surface area contributed by atoms with Crippen LogP contribution < -0.4 is 5.32 Å². The van der Waals surface area contributed by atoms with Crippen LogP contribution in [0.15, 0.2) is 40.7 Å². The molecule has 158 valence electrons. The summed E-state index contributed by atoms with van der Waals surface area (Å²) >= 11 is 8.91. The van der Waals surface area contributed by atoms with E-state index in [1.54, 1.807) is 0 Å². The van der Waals surface area contributed by atoms with Gasteiger partial charge in [0.2, 0.25) is 5.91 Å². The van der Waals surface area contributed by atoms with Gasteiger partial charge in [0.25, 0.3) is 0 Å². The Hall–Kier alpha value is -2.40. The Labute approximate surface area is 194 Å². The molecule has 2 atom stereocenters. The van der Waals surface area contributed by atoms with Crippen molar-refractivity contribution in [2.45, 2.75) is 43.4 Å². The molecule has 5 nitrogen and oxygen atoms in total. The van der Waals surface area contributed by atoms with Crippen molar-refractivity contribution in [2.75, 3.05) is 5.32 Å². The highest BCUT2D eigenvalue weighted by atomic mass is 35.5. The summed E-state index contributed by atoms with van der Waals surface area (Å²) in [5.41, 5.74) is 4.30. The minimum Gasteiger partial charge on any atom is -0.301 e. The number of aryl methyl sites for hydroxylation is 1. The van der Waals surface area contributed by atoms with Gasteiger partial charge in [0, 0.05) is 21.7 Å². The second-order valence-electron chi connectivity index (χ2n) is 7.67. The summed E-state index contributed by atoms with van der Waals surface area (Å²) in [4.78, 5) is 22.0. The summed E-state index contributed by atoms with van der Waals surface area (Å²) in [6.45, 7) is 4.03. The second kappa shape index (κ2) is 9.39. The number of fused-ring (bicyclic) bond motifs is 1. The number of rotatable bonds is 5. The third kappa shape index (κ3) is 4.93. The lowest BCUT2D eigenvalue weighted by molar-refractivity contribution is -0.115. The lowest BCUT2D eigenvalue weighted by Gasteiger charge is -2.22. The van der Waals surface area contributed by atoms with E-state index >= 15 is 0 Å². The molecule has 1 aliphatic carbocycles. The number of aromatic nitrogens is 2. The van der Waals surface area contributed by atoms with Gasteiger partial charge in [-0.3, -0.25) is 4.79 Å². The summed E-state index contributed by atoms with van der Waals surface area (Å²) < 4.78 is 0. The SMILES string of the molecule is CC1CCc2nc(SC(C)C(=O)Nc3nc(-c4ccccc4Cl)cs3)c(C#N)cc2C1. The number of anilines is 1. The standard InChI is InChI=1S/C23H21ClN4OS2/c1-13-7-8-19-15(9-13)10-16(11-25)22(26-19)31-14(2)21(29)28-23-27-20(12-30-23)17-5-3-4-6-18(17)24/h3-6,10,12-14H,7-9H2,1-2H3,(H,27,28,29). The Balaban J connectivity index is 1.46. The maximum Gasteiger partial charge on any atom is 0.239 e. The molecule has 31 heavy (non-hydrogen) atoms. The monoisotopic (exact) mass is 468 g/mol. The van der Waals surface area contributed by atoms with Gasteiger partial charge in [-0.15, -0.1) is 11.3 Å². The maximum atomic E-state index is 12.8. The van der Waals surface area contributed by atoms with Crippen LogP contribution >= 0.6 is 34.7 Å². The van der Waals surface area contributed by atoms with Crippen LogP contribution in [0, 0.1) is 17.2 Å². The molecule has 4 rings (SSSR count). The molecule has 8 heteroatoms. The quantitative estimate of drug-likeness (QED) is 0.466. The zero-order valence-electron chi connectivity index (χ0n) is 17.2. The zero-order valence-corrected chi connectivity index (χ0v) is 19.6. The van der Waals surface area contributed by atoms with Crippen molar-refractivity contribution < 1.29 is 4.79 Å². The van der Waals surface area contributed by atoms with Crippen molar-refractivity contribution >= 4 is 45.7 Å². The molecule has 0 spiro atoms. The van der Waals surface area contributed by atoms with Gasteiger partial charge in [0.15, 0.2) is 5.13 Å². The molecule has 3 aromatic rings. The Morgan fingerprint density at radius 1 is 1.39 bits per heavy atom. The molecule has 0 radical (unpaired) electrons. The molecule has 1 amide bonds. The third-order valence-electron chi connectivity index (χ3n) is 5.26. The fourth-order valence-corrected chi connectivity index (χ4v) is 5.39. The van der Waals surface area contributed by atoms with Gasteiger partial charge < -0.3 is 5.32 Å². The second-order valence-corrected chi connectivity index (χ2v) is 10.3. The van der Waals surface area contributed by atoms with E-state index in [9.17, 15) is 10.1 Å². The van der Waals surface area contributed by atoms with E-state index in [2.05, 4.69) is 23.3 Å². The topological polar surface area (TPSA) is 78.7 Å². The number of nitrogens with one attached hydrogen (secondary N) is 1. The van der Waals surface area contributed by atoms with Crippen LogP contribution in [0.4, 0.5) is 5.13 Å². The predicted molar refractivity (Wildman–Crippen MR) is 127 cm³/mol. The van der Waals surface area contributed by atoms with Gasteiger partial charge in [0.1, 0.15) is 11.1 Å². The number of halogens is 1. The van der Waals surface area contributed by atoms with E-state index in [4.69, 9.17) is 16.6 Å². The summed E-state index contributed by atoms with van der Waals surface area (Å²) in [7, 11) is 0. The van der Waals surface area contributed by atoms with Crippen LogP contribution in [0.3, 0.4) is 0 Å². The summed E-state index contributed by atoms with van der Waals surface area (Å²) in [6.07, 6.45) is 2.97. The van der Waals surface area contributed by atoms with Crippen molar-refractivity contribution in [1.82, 2.24) is 9.97 Å². The molecule has 2 aromatic heterocycles. The van der Waals surface area contributed by atoms with Crippen molar-refractivity contribution in [3.8, 4) is 17.3 Å². The van der Waals surface area contributed by atoms with Crippen LogP contribution in [0.5, 0.6) is 0 Å². The number of thiazole rings is 1. The van der Waals surface area contributed by atoms with Gasteiger partial charge in [-0.25, -0.2) is 9.97 Å². The lowest BCUT2D eigenvalue weighted by Crippen LogP contribution is -2.23. The molecular weight excluding hydrogens is 448 g/mol. The molecule has 2 unspecified atom stereocenters. The molecule has 1 N–H and O–H groups in total. The number of thioether (sulfide) groups is 1. The van der Waals surface area contributed by atoms with Crippen molar-refractivity contribution in [3.05, 3.63) is 57.6 Å². The molecule has 0 saturated heterocycles. The number of nitrogens with zero attached hydrogens (tertiary/aromatic N) is 3. The number of hydrogen-bond acceptors (Lipinski definition) is 6. The van der Waals surface area contributed by atoms with Gasteiger partial charge in [-0.2, -0.15) is 5.26 Å². The number of benzene rings is 1. The van der Waals surface area contributed by atoms with Crippen LogP contribution in [0.25, 0.3) is 11.3 Å². The van der Waals surface area contributed by atoms with Crippen LogP contribution in [0.1, 0.15) is 37.1 Å². The molecule has 0 bridgehead atoms. The smallest absolute Gasteiger partial charge is 0.239 e. The number of carbonyl (C=O) groups excluding carboxylic acids is 1. The van der Waals surface area contributed by atoms with E-state index in [1.165, 1.54) is 23.1 Å². The van der Waals surface area contributed by atoms with E-state index < -0.39 is 5.25 Å². The minimum atomic E-state index is -0.423. The number of pyridine rings is 1. The first-order chi connectivity index (χ1) is 14.9. The summed E-state index contributed by atoms with van der Waals surface area (Å²) in [6, 6.07) is 11.7. The summed E-state index contributed by atoms with van der Waals surface area (Å²) in [5, 5.41) is 15.7. The minimum absolute atomic E-state index is 0.179. The van der Waals surface area contributed by atoms with Crippen LogP contribution in [-0.4, -0.2) is 21.1 Å². The molecular formula is C23H21ClN4OS2. The van der Waals surface area contributed by atoms with Gasteiger partial charge in [-0.05, 0) is 49.8 Å². The first-order valence-electron chi connectivity index (χ1n) is 10.1. The van der Waals surface area contributed by atoms with Crippen LogP contribution in [-0.2, 0) is 17.6 Å². The average molecular weight is 469 g/mol.